The monoisotopic (exact) mass is 616 g/mol. The van der Waals surface area contributed by atoms with Gasteiger partial charge in [-0.3, -0.25) is 0 Å². The SMILES string of the molecule is c1ccc(Nc2ccc(-c3ccc(N(c4ccccc4)c4ccc(-c5nc6ccccc6nc5-c5ccccc5)cc4)cc3)cc2)cc1. The van der Waals surface area contributed by atoms with Crippen molar-refractivity contribution < 1.29 is 0 Å². The smallest absolute Gasteiger partial charge is 0.0973 e. The highest BCUT2D eigenvalue weighted by molar-refractivity contribution is 5.87. The van der Waals surface area contributed by atoms with Crippen LogP contribution in [0.25, 0.3) is 44.7 Å². The second-order valence-electron chi connectivity index (χ2n) is 11.6. The van der Waals surface area contributed by atoms with Gasteiger partial charge in [0, 0.05) is 39.6 Å². The van der Waals surface area contributed by atoms with Crippen LogP contribution < -0.4 is 10.2 Å². The van der Waals surface area contributed by atoms with Crippen LogP contribution in [0.15, 0.2) is 188 Å². The minimum atomic E-state index is 0.868. The zero-order chi connectivity index (χ0) is 32.1. The van der Waals surface area contributed by atoms with Gasteiger partial charge in [-0.2, -0.15) is 0 Å². The molecule has 48 heavy (non-hydrogen) atoms. The fourth-order valence-electron chi connectivity index (χ4n) is 6.03. The van der Waals surface area contributed by atoms with Gasteiger partial charge >= 0.3 is 0 Å². The van der Waals surface area contributed by atoms with E-state index in [9.17, 15) is 0 Å². The summed E-state index contributed by atoms with van der Waals surface area (Å²) in [6.07, 6.45) is 0. The number of fused-ring (bicyclic) bond motifs is 1. The van der Waals surface area contributed by atoms with E-state index in [0.29, 0.717) is 0 Å². The Hall–Kier alpha value is -6.52. The Labute approximate surface area is 280 Å². The fourth-order valence-corrected chi connectivity index (χ4v) is 6.03. The first kappa shape index (κ1) is 28.9. The molecule has 0 saturated heterocycles. The molecule has 1 N–H and O–H groups in total. The zero-order valence-corrected chi connectivity index (χ0v) is 26.2. The molecule has 0 spiro atoms. The predicted octanol–water partition coefficient (Wildman–Crippen LogP) is 11.8. The van der Waals surface area contributed by atoms with E-state index >= 15 is 0 Å². The van der Waals surface area contributed by atoms with Crippen molar-refractivity contribution in [2.24, 2.45) is 0 Å². The van der Waals surface area contributed by atoms with Crippen LogP contribution in [0.3, 0.4) is 0 Å². The van der Waals surface area contributed by atoms with Crippen LogP contribution in [0, 0.1) is 0 Å². The highest BCUT2D eigenvalue weighted by Gasteiger charge is 2.16. The molecule has 0 aliphatic heterocycles. The Kier molecular flexibility index (Phi) is 7.87. The van der Waals surface area contributed by atoms with Gasteiger partial charge in [0.25, 0.3) is 0 Å². The van der Waals surface area contributed by atoms with E-state index < -0.39 is 0 Å². The maximum absolute atomic E-state index is 5.10. The number of hydrogen-bond acceptors (Lipinski definition) is 4. The van der Waals surface area contributed by atoms with E-state index in [4.69, 9.17) is 9.97 Å². The summed E-state index contributed by atoms with van der Waals surface area (Å²) >= 11 is 0. The number of benzene rings is 7. The molecule has 4 nitrogen and oxygen atoms in total. The summed E-state index contributed by atoms with van der Waals surface area (Å²) in [5.41, 5.74) is 13.3. The molecular weight excluding hydrogens is 585 g/mol. The molecule has 7 aromatic carbocycles. The van der Waals surface area contributed by atoms with Crippen molar-refractivity contribution >= 4 is 39.5 Å². The van der Waals surface area contributed by atoms with Gasteiger partial charge in [0.15, 0.2) is 0 Å². The molecule has 0 radical (unpaired) electrons. The Morgan fingerprint density at radius 2 is 0.688 bits per heavy atom. The Morgan fingerprint density at radius 3 is 1.23 bits per heavy atom. The van der Waals surface area contributed by atoms with E-state index in [0.717, 1.165) is 67.5 Å². The van der Waals surface area contributed by atoms with Gasteiger partial charge in [-0.25, -0.2) is 9.97 Å². The van der Waals surface area contributed by atoms with Crippen LogP contribution in [0.5, 0.6) is 0 Å². The summed E-state index contributed by atoms with van der Waals surface area (Å²) in [7, 11) is 0. The van der Waals surface area contributed by atoms with Gasteiger partial charge in [-0.15, -0.1) is 0 Å². The Bertz CT molecular complexity index is 2270. The number of nitrogens with one attached hydrogen (secondary N) is 1. The van der Waals surface area contributed by atoms with Crippen molar-refractivity contribution in [1.29, 1.82) is 0 Å². The van der Waals surface area contributed by atoms with Crippen molar-refractivity contribution in [3.05, 3.63) is 188 Å². The molecule has 0 aliphatic carbocycles. The van der Waals surface area contributed by atoms with E-state index in [2.05, 4.69) is 132 Å². The summed E-state index contributed by atoms with van der Waals surface area (Å²) in [6.45, 7) is 0. The molecule has 0 saturated carbocycles. The van der Waals surface area contributed by atoms with Gasteiger partial charge in [0.1, 0.15) is 0 Å². The minimum absolute atomic E-state index is 0.868. The number of aromatic nitrogens is 2. The van der Waals surface area contributed by atoms with E-state index in [1.54, 1.807) is 0 Å². The zero-order valence-electron chi connectivity index (χ0n) is 26.2. The molecule has 0 atom stereocenters. The average molecular weight is 617 g/mol. The molecule has 0 amide bonds. The van der Waals surface area contributed by atoms with Crippen LogP contribution in [0.4, 0.5) is 28.4 Å². The van der Waals surface area contributed by atoms with Gasteiger partial charge < -0.3 is 10.2 Å². The second-order valence-corrected chi connectivity index (χ2v) is 11.6. The number of anilines is 5. The van der Waals surface area contributed by atoms with E-state index in [-0.39, 0.29) is 0 Å². The molecule has 8 rings (SSSR count). The van der Waals surface area contributed by atoms with Crippen LogP contribution in [-0.4, -0.2) is 9.97 Å². The van der Waals surface area contributed by atoms with E-state index in [1.165, 1.54) is 5.56 Å². The maximum Gasteiger partial charge on any atom is 0.0973 e. The molecule has 8 aromatic rings. The number of nitrogens with zero attached hydrogens (tertiary/aromatic N) is 3. The second kappa shape index (κ2) is 13.1. The lowest BCUT2D eigenvalue weighted by Crippen LogP contribution is -2.09. The average Bonchev–Trinajstić information content (AvgIpc) is 3.17. The molecule has 1 aromatic heterocycles. The maximum atomic E-state index is 5.10. The van der Waals surface area contributed by atoms with Crippen molar-refractivity contribution in [3.63, 3.8) is 0 Å². The van der Waals surface area contributed by atoms with Crippen LogP contribution >= 0.6 is 0 Å². The largest absolute Gasteiger partial charge is 0.356 e. The third kappa shape index (κ3) is 6.03. The summed E-state index contributed by atoms with van der Waals surface area (Å²) in [6, 6.07) is 65.0. The first-order valence-electron chi connectivity index (χ1n) is 16.1. The first-order chi connectivity index (χ1) is 23.8. The molecule has 0 bridgehead atoms. The Balaban J connectivity index is 1.11. The number of rotatable bonds is 8. The highest BCUT2D eigenvalue weighted by atomic mass is 15.1. The summed E-state index contributed by atoms with van der Waals surface area (Å²) in [5, 5.41) is 3.46. The van der Waals surface area contributed by atoms with Crippen molar-refractivity contribution in [2.45, 2.75) is 0 Å². The lowest BCUT2D eigenvalue weighted by atomic mass is 10.0. The molecule has 228 valence electrons. The third-order valence-corrected chi connectivity index (χ3v) is 8.44. The minimum Gasteiger partial charge on any atom is -0.356 e. The molecule has 0 aliphatic rings. The van der Waals surface area contributed by atoms with Crippen molar-refractivity contribution in [2.75, 3.05) is 10.2 Å². The summed E-state index contributed by atoms with van der Waals surface area (Å²) in [4.78, 5) is 12.4. The standard InChI is InChI=1S/C44H32N4/c1-4-12-34(13-5-1)43-44(47-42-19-11-10-18-41(42)46-43)35-24-30-40(31-25-35)48(38-16-8-3-9-17-38)39-28-22-33(23-29-39)32-20-26-37(27-21-32)45-36-14-6-2-7-15-36/h1-31,45H. The molecular formula is C44H32N4. The topological polar surface area (TPSA) is 41.0 Å². The number of para-hydroxylation sites is 4. The third-order valence-electron chi connectivity index (χ3n) is 8.44. The van der Waals surface area contributed by atoms with Crippen LogP contribution in [0.1, 0.15) is 0 Å². The van der Waals surface area contributed by atoms with Gasteiger partial charge in [-0.05, 0) is 83.9 Å². The van der Waals surface area contributed by atoms with Gasteiger partial charge in [-0.1, -0.05) is 115 Å². The Morgan fingerprint density at radius 1 is 0.312 bits per heavy atom. The normalized spacial score (nSPS) is 10.9. The quantitative estimate of drug-likeness (QED) is 0.184. The van der Waals surface area contributed by atoms with Crippen LogP contribution in [0.2, 0.25) is 0 Å². The summed E-state index contributed by atoms with van der Waals surface area (Å²) < 4.78 is 0. The highest BCUT2D eigenvalue weighted by Crippen LogP contribution is 2.38. The molecule has 0 unspecified atom stereocenters. The van der Waals surface area contributed by atoms with Gasteiger partial charge in [0.2, 0.25) is 0 Å². The number of hydrogen-bond donors (Lipinski definition) is 1. The van der Waals surface area contributed by atoms with Crippen LogP contribution in [-0.2, 0) is 0 Å². The molecule has 4 heteroatoms. The lowest BCUT2D eigenvalue weighted by molar-refractivity contribution is 1.27. The lowest BCUT2D eigenvalue weighted by Gasteiger charge is -2.26. The molecule has 1 heterocycles. The summed E-state index contributed by atoms with van der Waals surface area (Å²) in [5.74, 6) is 0. The molecule has 0 fully saturated rings. The van der Waals surface area contributed by atoms with E-state index in [1.807, 2.05) is 66.7 Å². The fraction of sp³-hybridized carbons (Fsp3) is 0. The predicted molar refractivity (Wildman–Crippen MR) is 200 cm³/mol. The van der Waals surface area contributed by atoms with Gasteiger partial charge in [0.05, 0.1) is 22.4 Å². The first-order valence-corrected chi connectivity index (χ1v) is 16.1. The van der Waals surface area contributed by atoms with Crippen molar-refractivity contribution in [1.82, 2.24) is 9.97 Å². The van der Waals surface area contributed by atoms with Crippen molar-refractivity contribution in [3.8, 4) is 33.6 Å².